The number of nitrogens with zero attached hydrogens (tertiary/aromatic N) is 5. The average molecular weight is 404 g/mol. The molecule has 4 rings (SSSR count). The fourth-order valence-corrected chi connectivity index (χ4v) is 3.78. The van der Waals surface area contributed by atoms with Gasteiger partial charge in [-0.05, 0) is 44.0 Å². The van der Waals surface area contributed by atoms with Crippen LogP contribution < -0.4 is 15.9 Å². The van der Waals surface area contributed by atoms with Gasteiger partial charge in [0.05, 0.1) is 11.0 Å². The number of amides is 1. The fourth-order valence-electron chi connectivity index (χ4n) is 3.78. The van der Waals surface area contributed by atoms with Gasteiger partial charge in [-0.15, -0.1) is 5.10 Å². The molecule has 154 valence electrons. The molecule has 0 unspecified atom stereocenters. The van der Waals surface area contributed by atoms with Crippen molar-refractivity contribution >= 4 is 34.1 Å². The summed E-state index contributed by atoms with van der Waals surface area (Å²) in [5.74, 6) is 0.259. The number of carbonyl (C=O) groups is 1. The van der Waals surface area contributed by atoms with Gasteiger partial charge in [0.1, 0.15) is 6.54 Å². The lowest BCUT2D eigenvalue weighted by molar-refractivity contribution is -0.117. The van der Waals surface area contributed by atoms with Crippen LogP contribution in [0.3, 0.4) is 0 Å². The number of aromatic nitrogens is 4. The van der Waals surface area contributed by atoms with Crippen LogP contribution >= 0.6 is 0 Å². The second kappa shape index (κ2) is 7.29. The van der Waals surface area contributed by atoms with Crippen molar-refractivity contribution in [3.63, 3.8) is 0 Å². The van der Waals surface area contributed by atoms with E-state index < -0.39 is 0 Å². The first kappa shape index (κ1) is 19.6. The quantitative estimate of drug-likeness (QED) is 0.565. The lowest BCUT2D eigenvalue weighted by Crippen LogP contribution is -2.28. The summed E-state index contributed by atoms with van der Waals surface area (Å²) in [4.78, 5) is 32.3. The standard InChI is InChI=1S/C22H24N6O2/c1-13-10-14(2)19(15(3)11-13)24-18(29)12-27-22(30)28-17-9-7-6-8-16(17)23-20(26(4)5)21(28)25-27/h6-11H,12H2,1-5H3,(H,24,29). The molecule has 0 aliphatic carbocycles. The Balaban J connectivity index is 1.76. The minimum Gasteiger partial charge on any atom is -0.360 e. The molecule has 0 bridgehead atoms. The molecule has 0 atom stereocenters. The van der Waals surface area contributed by atoms with E-state index in [2.05, 4.69) is 15.4 Å². The third-order valence-corrected chi connectivity index (χ3v) is 5.05. The summed E-state index contributed by atoms with van der Waals surface area (Å²) in [5, 5.41) is 7.35. The first-order valence-electron chi connectivity index (χ1n) is 9.69. The Hall–Kier alpha value is -3.68. The molecule has 0 fully saturated rings. The Morgan fingerprint density at radius 2 is 1.77 bits per heavy atom. The predicted octanol–water partition coefficient (Wildman–Crippen LogP) is 2.67. The van der Waals surface area contributed by atoms with Crippen molar-refractivity contribution in [2.75, 3.05) is 24.3 Å². The van der Waals surface area contributed by atoms with E-state index in [4.69, 9.17) is 0 Å². The summed E-state index contributed by atoms with van der Waals surface area (Å²) in [7, 11) is 3.69. The number of nitrogens with one attached hydrogen (secondary N) is 1. The Labute approximate surface area is 173 Å². The number of hydrogen-bond donors (Lipinski definition) is 1. The minimum atomic E-state index is -0.376. The highest BCUT2D eigenvalue weighted by Crippen LogP contribution is 2.22. The van der Waals surface area contributed by atoms with Crippen molar-refractivity contribution in [3.05, 3.63) is 63.6 Å². The average Bonchev–Trinajstić information content (AvgIpc) is 3.00. The largest absolute Gasteiger partial charge is 0.360 e. The van der Waals surface area contributed by atoms with E-state index in [-0.39, 0.29) is 18.1 Å². The second-order valence-electron chi connectivity index (χ2n) is 7.74. The zero-order chi connectivity index (χ0) is 21.6. The highest BCUT2D eigenvalue weighted by molar-refractivity contribution is 5.92. The van der Waals surface area contributed by atoms with E-state index in [0.717, 1.165) is 22.4 Å². The molecule has 0 saturated heterocycles. The normalized spacial score (nSPS) is 11.2. The number of anilines is 2. The third kappa shape index (κ3) is 3.30. The first-order chi connectivity index (χ1) is 14.3. The van der Waals surface area contributed by atoms with Gasteiger partial charge in [-0.2, -0.15) is 0 Å². The molecule has 8 nitrogen and oxygen atoms in total. The van der Waals surface area contributed by atoms with Crippen molar-refractivity contribution in [3.8, 4) is 0 Å². The van der Waals surface area contributed by atoms with Gasteiger partial charge in [-0.1, -0.05) is 29.8 Å². The highest BCUT2D eigenvalue weighted by Gasteiger charge is 2.19. The van der Waals surface area contributed by atoms with Crippen molar-refractivity contribution in [1.82, 2.24) is 19.2 Å². The van der Waals surface area contributed by atoms with Gasteiger partial charge >= 0.3 is 5.69 Å². The van der Waals surface area contributed by atoms with E-state index in [1.165, 1.54) is 9.08 Å². The molecule has 2 aromatic carbocycles. The van der Waals surface area contributed by atoms with E-state index in [1.807, 2.05) is 71.3 Å². The van der Waals surface area contributed by atoms with Crippen LogP contribution in [-0.2, 0) is 11.3 Å². The summed E-state index contributed by atoms with van der Waals surface area (Å²) < 4.78 is 2.69. The van der Waals surface area contributed by atoms with Crippen LogP contribution in [0.5, 0.6) is 0 Å². The Morgan fingerprint density at radius 1 is 1.10 bits per heavy atom. The van der Waals surface area contributed by atoms with Crippen molar-refractivity contribution in [2.45, 2.75) is 27.3 Å². The molecule has 1 amide bonds. The molecule has 30 heavy (non-hydrogen) atoms. The van der Waals surface area contributed by atoms with E-state index >= 15 is 0 Å². The maximum atomic E-state index is 13.1. The van der Waals surface area contributed by atoms with E-state index in [0.29, 0.717) is 22.5 Å². The van der Waals surface area contributed by atoms with Gasteiger partial charge in [0, 0.05) is 19.8 Å². The van der Waals surface area contributed by atoms with Crippen LogP contribution in [0, 0.1) is 20.8 Å². The molecule has 0 aliphatic rings. The predicted molar refractivity (Wildman–Crippen MR) is 118 cm³/mol. The van der Waals surface area contributed by atoms with Gasteiger partial charge < -0.3 is 10.2 Å². The molecule has 1 N–H and O–H groups in total. The van der Waals surface area contributed by atoms with Crippen LogP contribution in [0.1, 0.15) is 16.7 Å². The Bertz CT molecular complexity index is 1330. The van der Waals surface area contributed by atoms with Crippen LogP contribution in [0.4, 0.5) is 11.5 Å². The second-order valence-corrected chi connectivity index (χ2v) is 7.74. The van der Waals surface area contributed by atoms with Gasteiger partial charge in [-0.25, -0.2) is 18.9 Å². The van der Waals surface area contributed by atoms with Gasteiger partial charge in [-0.3, -0.25) is 4.79 Å². The molecule has 0 saturated carbocycles. The number of fused-ring (bicyclic) bond motifs is 3. The number of rotatable bonds is 4. The van der Waals surface area contributed by atoms with Crippen molar-refractivity contribution < 1.29 is 4.79 Å². The van der Waals surface area contributed by atoms with Crippen LogP contribution in [-0.4, -0.2) is 39.2 Å². The summed E-state index contributed by atoms with van der Waals surface area (Å²) >= 11 is 0. The lowest BCUT2D eigenvalue weighted by atomic mass is 10.1. The van der Waals surface area contributed by atoms with Gasteiger partial charge in [0.15, 0.2) is 5.82 Å². The summed E-state index contributed by atoms with van der Waals surface area (Å²) in [6, 6.07) is 11.4. The van der Waals surface area contributed by atoms with E-state index in [9.17, 15) is 9.59 Å². The van der Waals surface area contributed by atoms with Gasteiger partial charge in [0.25, 0.3) is 0 Å². The van der Waals surface area contributed by atoms with Crippen LogP contribution in [0.15, 0.2) is 41.2 Å². The topological polar surface area (TPSA) is 84.5 Å². The molecule has 0 spiro atoms. The molecule has 0 aliphatic heterocycles. The highest BCUT2D eigenvalue weighted by atomic mass is 16.2. The SMILES string of the molecule is Cc1cc(C)c(NC(=O)Cn2nc3c(N(C)C)nc4ccccc4n3c2=O)c(C)c1. The molecule has 2 heterocycles. The van der Waals surface area contributed by atoms with Gasteiger partial charge in [0.2, 0.25) is 11.6 Å². The molecule has 8 heteroatoms. The first-order valence-corrected chi connectivity index (χ1v) is 9.69. The molecular formula is C22H24N6O2. The molecule has 4 aromatic rings. The third-order valence-electron chi connectivity index (χ3n) is 5.05. The smallest absolute Gasteiger partial charge is 0.351 e. The zero-order valence-electron chi connectivity index (χ0n) is 17.7. The fraction of sp³-hybridized carbons (Fsp3) is 0.273. The summed E-state index contributed by atoms with van der Waals surface area (Å²) in [6.07, 6.45) is 0. The molecule has 0 radical (unpaired) electrons. The lowest BCUT2D eigenvalue weighted by Gasteiger charge is -2.13. The zero-order valence-corrected chi connectivity index (χ0v) is 17.7. The van der Waals surface area contributed by atoms with Crippen molar-refractivity contribution in [1.29, 1.82) is 0 Å². The monoisotopic (exact) mass is 404 g/mol. The van der Waals surface area contributed by atoms with Crippen molar-refractivity contribution in [2.24, 2.45) is 0 Å². The van der Waals surface area contributed by atoms with E-state index in [1.54, 1.807) is 4.90 Å². The Morgan fingerprint density at radius 3 is 2.43 bits per heavy atom. The number of para-hydroxylation sites is 2. The number of aryl methyl sites for hydroxylation is 3. The Kier molecular flexibility index (Phi) is 4.77. The number of benzene rings is 2. The maximum Gasteiger partial charge on any atom is 0.351 e. The molecule has 2 aromatic heterocycles. The maximum absolute atomic E-state index is 13.1. The van der Waals surface area contributed by atoms with Crippen LogP contribution in [0.25, 0.3) is 16.7 Å². The van der Waals surface area contributed by atoms with Crippen LogP contribution in [0.2, 0.25) is 0 Å². The summed E-state index contributed by atoms with van der Waals surface area (Å²) in [5.41, 5.74) is 5.24. The number of carbonyl (C=O) groups excluding carboxylic acids is 1. The summed E-state index contributed by atoms with van der Waals surface area (Å²) in [6.45, 7) is 5.73. The number of hydrogen-bond acceptors (Lipinski definition) is 5. The minimum absolute atomic E-state index is 0.186. The molecular weight excluding hydrogens is 380 g/mol.